The normalized spacial score (nSPS) is 17.2. The molecule has 0 saturated carbocycles. The monoisotopic (exact) mass is 399 g/mol. The fourth-order valence-electron chi connectivity index (χ4n) is 3.38. The van der Waals surface area contributed by atoms with Crippen molar-refractivity contribution in [3.63, 3.8) is 0 Å². The Balaban J connectivity index is 1.37. The van der Waals surface area contributed by atoms with Crippen LogP contribution in [0.4, 0.5) is 0 Å². The number of thiazole rings is 1. The number of guanidine groups is 1. The van der Waals surface area contributed by atoms with Crippen LogP contribution < -0.4 is 10.6 Å². The first-order chi connectivity index (χ1) is 13.6. The summed E-state index contributed by atoms with van der Waals surface area (Å²) in [5.74, 6) is 1.36. The van der Waals surface area contributed by atoms with Crippen molar-refractivity contribution in [1.29, 1.82) is 0 Å². The van der Waals surface area contributed by atoms with Gasteiger partial charge in [-0.2, -0.15) is 0 Å². The number of carbonyl (C=O) groups excluding carboxylic acids is 1. The van der Waals surface area contributed by atoms with Crippen molar-refractivity contribution in [2.24, 2.45) is 10.9 Å². The van der Waals surface area contributed by atoms with E-state index in [0.29, 0.717) is 12.3 Å². The summed E-state index contributed by atoms with van der Waals surface area (Å²) in [6.07, 6.45) is 4.31. The molecule has 0 radical (unpaired) electrons. The molecule has 6 nitrogen and oxygen atoms in total. The molecule has 0 bridgehead atoms. The predicted molar refractivity (Wildman–Crippen MR) is 115 cm³/mol. The van der Waals surface area contributed by atoms with Gasteiger partial charge in [-0.15, -0.1) is 11.3 Å². The highest BCUT2D eigenvalue weighted by molar-refractivity contribution is 7.11. The summed E-state index contributed by atoms with van der Waals surface area (Å²) in [6.45, 7) is 5.22. The maximum Gasteiger partial charge on any atom is 0.223 e. The quantitative estimate of drug-likeness (QED) is 0.528. The second kappa shape index (κ2) is 10.2. The van der Waals surface area contributed by atoms with Crippen LogP contribution in [0, 0.1) is 12.8 Å². The molecule has 1 aromatic heterocycles. The minimum absolute atomic E-state index is 0.254. The van der Waals surface area contributed by atoms with E-state index in [4.69, 9.17) is 0 Å². The number of hydrogen-bond donors (Lipinski definition) is 2. The van der Waals surface area contributed by atoms with Gasteiger partial charge in [0.25, 0.3) is 0 Å². The van der Waals surface area contributed by atoms with Gasteiger partial charge in [0.2, 0.25) is 5.91 Å². The molecule has 1 aliphatic rings. The van der Waals surface area contributed by atoms with E-state index in [1.807, 2.05) is 29.3 Å². The van der Waals surface area contributed by atoms with Crippen LogP contribution in [0.3, 0.4) is 0 Å². The van der Waals surface area contributed by atoms with Crippen LogP contribution >= 0.6 is 11.3 Å². The third-order valence-electron chi connectivity index (χ3n) is 4.89. The Kier molecular flexibility index (Phi) is 7.42. The lowest BCUT2D eigenvalue weighted by Crippen LogP contribution is -2.41. The number of carbonyl (C=O) groups is 1. The number of likely N-dealkylation sites (tertiary alicyclic amines) is 1. The van der Waals surface area contributed by atoms with Crippen LogP contribution in [0.15, 0.2) is 41.5 Å². The zero-order valence-electron chi connectivity index (χ0n) is 16.6. The molecule has 0 spiro atoms. The number of hydrogen-bond acceptors (Lipinski definition) is 4. The molecule has 0 aliphatic carbocycles. The summed E-state index contributed by atoms with van der Waals surface area (Å²) in [7, 11) is 1.77. The summed E-state index contributed by atoms with van der Waals surface area (Å²) in [5.41, 5.74) is 1.27. The lowest BCUT2D eigenvalue weighted by Gasteiger charge is -2.18. The summed E-state index contributed by atoms with van der Waals surface area (Å²) in [5, 5.41) is 7.82. The number of benzene rings is 1. The van der Waals surface area contributed by atoms with E-state index in [0.717, 1.165) is 50.0 Å². The van der Waals surface area contributed by atoms with Crippen molar-refractivity contribution >= 4 is 23.2 Å². The van der Waals surface area contributed by atoms with Gasteiger partial charge in [0.15, 0.2) is 5.96 Å². The summed E-state index contributed by atoms with van der Waals surface area (Å²) < 4.78 is 0. The smallest absolute Gasteiger partial charge is 0.223 e. The van der Waals surface area contributed by atoms with Gasteiger partial charge >= 0.3 is 0 Å². The van der Waals surface area contributed by atoms with Crippen LogP contribution in [0.1, 0.15) is 21.9 Å². The largest absolute Gasteiger partial charge is 0.356 e. The molecule has 1 atom stereocenters. The Morgan fingerprint density at radius 2 is 2.11 bits per heavy atom. The highest BCUT2D eigenvalue weighted by Crippen LogP contribution is 2.17. The van der Waals surface area contributed by atoms with Gasteiger partial charge in [0.05, 0.1) is 5.01 Å². The van der Waals surface area contributed by atoms with E-state index >= 15 is 0 Å². The molecule has 1 amide bonds. The van der Waals surface area contributed by atoms with Gasteiger partial charge in [-0.3, -0.25) is 9.79 Å². The Bertz CT molecular complexity index is 789. The van der Waals surface area contributed by atoms with Gasteiger partial charge in [-0.05, 0) is 18.9 Å². The zero-order valence-corrected chi connectivity index (χ0v) is 17.5. The number of aromatic nitrogens is 1. The number of nitrogens with zero attached hydrogens (tertiary/aromatic N) is 3. The van der Waals surface area contributed by atoms with Crippen LogP contribution in [0.5, 0.6) is 0 Å². The molecule has 1 aromatic carbocycles. The zero-order chi connectivity index (χ0) is 19.8. The fraction of sp³-hybridized carbons (Fsp3) is 0.476. The molecule has 2 N–H and O–H groups in total. The molecule has 150 valence electrons. The van der Waals surface area contributed by atoms with E-state index < -0.39 is 0 Å². The number of aryl methyl sites for hydroxylation is 1. The van der Waals surface area contributed by atoms with E-state index in [1.165, 1.54) is 10.4 Å². The molecule has 3 rings (SSSR count). The first-order valence-corrected chi connectivity index (χ1v) is 10.6. The first kappa shape index (κ1) is 20.3. The lowest BCUT2D eigenvalue weighted by atomic mass is 10.1. The van der Waals surface area contributed by atoms with Crippen LogP contribution in [0.2, 0.25) is 0 Å². The van der Waals surface area contributed by atoms with Crippen molar-refractivity contribution in [2.75, 3.05) is 33.2 Å². The van der Waals surface area contributed by atoms with E-state index in [9.17, 15) is 4.79 Å². The second-order valence-electron chi connectivity index (χ2n) is 7.14. The van der Waals surface area contributed by atoms with Gasteiger partial charge in [-0.1, -0.05) is 30.3 Å². The standard InChI is InChI=1S/C21H29N5OS/c1-16-13-24-19(28-16)8-10-23-21(22-2)25-14-18-12-20(27)26(15-18)11-9-17-6-4-3-5-7-17/h3-7,13,18H,8-12,14-15H2,1-2H3,(H2,22,23,25). The second-order valence-corrected chi connectivity index (χ2v) is 8.46. The molecule has 2 heterocycles. The summed E-state index contributed by atoms with van der Waals surface area (Å²) in [4.78, 5) is 24.2. The number of nitrogens with one attached hydrogen (secondary N) is 2. The third kappa shape index (κ3) is 6.05. The first-order valence-electron chi connectivity index (χ1n) is 9.81. The molecule has 1 aliphatic heterocycles. The van der Waals surface area contributed by atoms with E-state index in [2.05, 4.69) is 39.7 Å². The van der Waals surface area contributed by atoms with Gasteiger partial charge in [-0.25, -0.2) is 4.98 Å². The van der Waals surface area contributed by atoms with Crippen molar-refractivity contribution < 1.29 is 4.79 Å². The molecular formula is C21H29N5OS. The Hall–Kier alpha value is -2.41. The Morgan fingerprint density at radius 3 is 2.82 bits per heavy atom. The summed E-state index contributed by atoms with van der Waals surface area (Å²) >= 11 is 1.73. The van der Waals surface area contributed by atoms with E-state index in [-0.39, 0.29) is 5.91 Å². The minimum Gasteiger partial charge on any atom is -0.356 e. The molecule has 1 saturated heterocycles. The van der Waals surface area contributed by atoms with Crippen molar-refractivity contribution in [3.05, 3.63) is 52.0 Å². The third-order valence-corrected chi connectivity index (χ3v) is 5.86. The predicted octanol–water partition coefficient (Wildman–Crippen LogP) is 2.25. The van der Waals surface area contributed by atoms with Crippen molar-refractivity contribution in [2.45, 2.75) is 26.2 Å². The Labute approximate surface area is 171 Å². The van der Waals surface area contributed by atoms with Gasteiger partial charge in [0, 0.05) is 63.1 Å². The average molecular weight is 400 g/mol. The molecule has 1 unspecified atom stereocenters. The SMILES string of the molecule is CN=C(NCCc1ncc(C)s1)NCC1CC(=O)N(CCc2ccccc2)C1. The number of rotatable bonds is 8. The lowest BCUT2D eigenvalue weighted by molar-refractivity contribution is -0.127. The average Bonchev–Trinajstić information content (AvgIpc) is 3.28. The van der Waals surface area contributed by atoms with Crippen LogP contribution in [0.25, 0.3) is 0 Å². The molecule has 2 aromatic rings. The van der Waals surface area contributed by atoms with Gasteiger partial charge < -0.3 is 15.5 Å². The number of aliphatic imine (C=N–C) groups is 1. The van der Waals surface area contributed by atoms with Crippen LogP contribution in [-0.4, -0.2) is 55.0 Å². The molecule has 1 fully saturated rings. The molecular weight excluding hydrogens is 370 g/mol. The minimum atomic E-state index is 0.254. The fourth-order valence-corrected chi connectivity index (χ4v) is 4.17. The maximum absolute atomic E-state index is 12.3. The Morgan fingerprint density at radius 1 is 1.29 bits per heavy atom. The van der Waals surface area contributed by atoms with Crippen LogP contribution in [-0.2, 0) is 17.6 Å². The molecule has 28 heavy (non-hydrogen) atoms. The molecule has 7 heteroatoms. The van der Waals surface area contributed by atoms with Gasteiger partial charge in [0.1, 0.15) is 0 Å². The summed E-state index contributed by atoms with van der Waals surface area (Å²) in [6, 6.07) is 10.3. The highest BCUT2D eigenvalue weighted by Gasteiger charge is 2.29. The van der Waals surface area contributed by atoms with Crippen molar-refractivity contribution in [1.82, 2.24) is 20.5 Å². The van der Waals surface area contributed by atoms with E-state index in [1.54, 1.807) is 18.4 Å². The topological polar surface area (TPSA) is 69.6 Å². The number of amides is 1. The van der Waals surface area contributed by atoms with Crippen molar-refractivity contribution in [3.8, 4) is 0 Å². The highest BCUT2D eigenvalue weighted by atomic mass is 32.1. The maximum atomic E-state index is 12.3.